The number of rotatable bonds is 9. The Hall–Kier alpha value is -2.11. The maximum atomic E-state index is 11.8. The van der Waals surface area contributed by atoms with Crippen molar-refractivity contribution in [2.45, 2.75) is 45.4 Å². The van der Waals surface area contributed by atoms with Gasteiger partial charge in [0.2, 0.25) is 0 Å². The van der Waals surface area contributed by atoms with E-state index in [1.807, 2.05) is 0 Å². The smallest absolute Gasteiger partial charge is 0.303 e. The molecule has 6 heteroatoms. The lowest BCUT2D eigenvalue weighted by atomic mass is 10.1. The fraction of sp³-hybridized carbons (Fsp3) is 0.533. The van der Waals surface area contributed by atoms with Crippen LogP contribution in [0.3, 0.4) is 0 Å². The van der Waals surface area contributed by atoms with Crippen molar-refractivity contribution in [2.24, 2.45) is 0 Å². The molecule has 0 bridgehead atoms. The highest BCUT2D eigenvalue weighted by atomic mass is 16.4. The molecule has 0 aliphatic carbocycles. The van der Waals surface area contributed by atoms with E-state index >= 15 is 0 Å². The van der Waals surface area contributed by atoms with E-state index in [-0.39, 0.29) is 23.5 Å². The minimum atomic E-state index is -0.759. The van der Waals surface area contributed by atoms with Gasteiger partial charge in [0.25, 0.3) is 11.5 Å². The van der Waals surface area contributed by atoms with Crippen LogP contribution >= 0.6 is 0 Å². The third-order valence-corrected chi connectivity index (χ3v) is 3.15. The number of aromatic nitrogens is 1. The molecule has 21 heavy (non-hydrogen) atoms. The molecule has 1 heterocycles. The first-order valence-corrected chi connectivity index (χ1v) is 7.20. The molecular formula is C15H22N2O4. The van der Waals surface area contributed by atoms with Crippen LogP contribution in [-0.4, -0.2) is 28.5 Å². The molecule has 0 unspecified atom stereocenters. The maximum absolute atomic E-state index is 11.8. The Kier molecular flexibility index (Phi) is 7.21. The third-order valence-electron chi connectivity index (χ3n) is 3.15. The summed E-state index contributed by atoms with van der Waals surface area (Å²) in [6.45, 7) is 2.28. The molecule has 0 saturated carbocycles. The minimum Gasteiger partial charge on any atom is -0.481 e. The minimum absolute atomic E-state index is 0.127. The largest absolute Gasteiger partial charge is 0.481 e. The molecule has 3 N–H and O–H groups in total. The van der Waals surface area contributed by atoms with Crippen LogP contribution < -0.4 is 10.9 Å². The normalized spacial score (nSPS) is 10.3. The van der Waals surface area contributed by atoms with Gasteiger partial charge in [0.05, 0.1) is 0 Å². The molecule has 0 radical (unpaired) electrons. The molecule has 116 valence electrons. The standard InChI is InChI=1S/C15H22N2O4/c1-11-8-9-12(15(21)17-11)14(20)16-10-6-4-2-3-5-7-13(18)19/h8-9H,2-7,10H2,1H3,(H,16,20)(H,17,21)(H,18,19). The number of H-pyrrole nitrogens is 1. The molecule has 1 aromatic heterocycles. The second-order valence-corrected chi connectivity index (χ2v) is 5.05. The van der Waals surface area contributed by atoms with E-state index in [0.717, 1.165) is 31.4 Å². The predicted molar refractivity (Wildman–Crippen MR) is 79.5 cm³/mol. The van der Waals surface area contributed by atoms with Crippen molar-refractivity contribution in [3.8, 4) is 0 Å². The van der Waals surface area contributed by atoms with Crippen molar-refractivity contribution < 1.29 is 14.7 Å². The SMILES string of the molecule is Cc1ccc(C(=O)NCCCCCCCC(=O)O)c(=O)[nH]1. The topological polar surface area (TPSA) is 99.3 Å². The van der Waals surface area contributed by atoms with Gasteiger partial charge in [0.15, 0.2) is 0 Å². The van der Waals surface area contributed by atoms with Gasteiger partial charge in [-0.3, -0.25) is 14.4 Å². The molecule has 0 aliphatic heterocycles. The first kappa shape index (κ1) is 16.9. The predicted octanol–water partition coefficient (Wildman–Crippen LogP) is 1.84. The molecule has 1 amide bonds. The molecule has 0 aromatic carbocycles. The summed E-state index contributed by atoms with van der Waals surface area (Å²) < 4.78 is 0. The molecule has 0 fully saturated rings. The average molecular weight is 294 g/mol. The molecular weight excluding hydrogens is 272 g/mol. The maximum Gasteiger partial charge on any atom is 0.303 e. The van der Waals surface area contributed by atoms with E-state index in [2.05, 4.69) is 10.3 Å². The monoisotopic (exact) mass is 294 g/mol. The van der Waals surface area contributed by atoms with Crippen LogP contribution in [0.15, 0.2) is 16.9 Å². The quantitative estimate of drug-likeness (QED) is 0.605. The highest BCUT2D eigenvalue weighted by molar-refractivity contribution is 5.93. The van der Waals surface area contributed by atoms with E-state index in [9.17, 15) is 14.4 Å². The van der Waals surface area contributed by atoms with Gasteiger partial charge in [-0.05, 0) is 31.9 Å². The van der Waals surface area contributed by atoms with Crippen LogP contribution in [0.2, 0.25) is 0 Å². The number of hydrogen-bond donors (Lipinski definition) is 3. The summed E-state index contributed by atoms with van der Waals surface area (Å²) in [5, 5.41) is 11.2. The molecule has 1 aromatic rings. The molecule has 0 atom stereocenters. The Labute approximate surface area is 123 Å². The number of nitrogens with one attached hydrogen (secondary N) is 2. The van der Waals surface area contributed by atoms with Crippen LogP contribution in [-0.2, 0) is 4.79 Å². The summed E-state index contributed by atoms with van der Waals surface area (Å²) in [7, 11) is 0. The van der Waals surface area contributed by atoms with Crippen molar-refractivity contribution in [3.05, 3.63) is 33.7 Å². The fourth-order valence-corrected chi connectivity index (χ4v) is 1.98. The zero-order valence-electron chi connectivity index (χ0n) is 12.3. The van der Waals surface area contributed by atoms with E-state index in [1.54, 1.807) is 13.0 Å². The Balaban J connectivity index is 2.16. The fourth-order valence-electron chi connectivity index (χ4n) is 1.98. The van der Waals surface area contributed by atoms with Gasteiger partial charge >= 0.3 is 5.97 Å². The number of aryl methyl sites for hydroxylation is 1. The number of hydrogen-bond acceptors (Lipinski definition) is 3. The average Bonchev–Trinajstić information content (AvgIpc) is 2.41. The highest BCUT2D eigenvalue weighted by Crippen LogP contribution is 2.05. The Morgan fingerprint density at radius 3 is 2.48 bits per heavy atom. The lowest BCUT2D eigenvalue weighted by Crippen LogP contribution is -2.30. The van der Waals surface area contributed by atoms with E-state index < -0.39 is 5.97 Å². The lowest BCUT2D eigenvalue weighted by Gasteiger charge is -2.05. The number of carboxylic acids is 1. The van der Waals surface area contributed by atoms with Crippen molar-refractivity contribution >= 4 is 11.9 Å². The van der Waals surface area contributed by atoms with Gasteiger partial charge in [-0.25, -0.2) is 0 Å². The Morgan fingerprint density at radius 2 is 1.81 bits per heavy atom. The van der Waals surface area contributed by atoms with Crippen LogP contribution in [0, 0.1) is 6.92 Å². The van der Waals surface area contributed by atoms with Crippen LogP contribution in [0.1, 0.15) is 54.6 Å². The number of aliphatic carboxylic acids is 1. The molecule has 0 spiro atoms. The molecule has 0 saturated heterocycles. The molecule has 1 rings (SSSR count). The van der Waals surface area contributed by atoms with Gasteiger partial charge in [-0.2, -0.15) is 0 Å². The Morgan fingerprint density at radius 1 is 1.14 bits per heavy atom. The second-order valence-electron chi connectivity index (χ2n) is 5.05. The lowest BCUT2D eigenvalue weighted by molar-refractivity contribution is -0.137. The number of carboxylic acid groups (broad SMARTS) is 1. The van der Waals surface area contributed by atoms with E-state index in [0.29, 0.717) is 13.0 Å². The zero-order chi connectivity index (χ0) is 15.7. The van der Waals surface area contributed by atoms with Gasteiger partial charge in [0, 0.05) is 18.7 Å². The van der Waals surface area contributed by atoms with Crippen LogP contribution in [0.25, 0.3) is 0 Å². The van der Waals surface area contributed by atoms with E-state index in [4.69, 9.17) is 5.11 Å². The molecule has 0 aliphatic rings. The zero-order valence-corrected chi connectivity index (χ0v) is 12.3. The van der Waals surface area contributed by atoms with Crippen molar-refractivity contribution in [3.63, 3.8) is 0 Å². The summed E-state index contributed by atoms with van der Waals surface area (Å²) in [6.07, 6.45) is 4.51. The van der Waals surface area contributed by atoms with Crippen molar-refractivity contribution in [2.75, 3.05) is 6.54 Å². The highest BCUT2D eigenvalue weighted by Gasteiger charge is 2.09. The van der Waals surface area contributed by atoms with Gasteiger partial charge in [-0.15, -0.1) is 0 Å². The summed E-state index contributed by atoms with van der Waals surface area (Å²) in [5.41, 5.74) is 0.473. The summed E-state index contributed by atoms with van der Waals surface area (Å²) in [4.78, 5) is 36.3. The summed E-state index contributed by atoms with van der Waals surface area (Å²) in [6, 6.07) is 3.22. The summed E-state index contributed by atoms with van der Waals surface area (Å²) in [5.74, 6) is -1.12. The van der Waals surface area contributed by atoms with Crippen LogP contribution in [0.4, 0.5) is 0 Å². The number of pyridine rings is 1. The van der Waals surface area contributed by atoms with E-state index in [1.165, 1.54) is 6.07 Å². The summed E-state index contributed by atoms with van der Waals surface area (Å²) >= 11 is 0. The molecule has 6 nitrogen and oxygen atoms in total. The second kappa shape index (κ2) is 8.94. The van der Waals surface area contributed by atoms with Gasteiger partial charge in [0.1, 0.15) is 5.56 Å². The van der Waals surface area contributed by atoms with Gasteiger partial charge in [-0.1, -0.05) is 19.3 Å². The first-order chi connectivity index (χ1) is 10.0. The third kappa shape index (κ3) is 6.74. The van der Waals surface area contributed by atoms with Crippen molar-refractivity contribution in [1.82, 2.24) is 10.3 Å². The first-order valence-electron chi connectivity index (χ1n) is 7.20. The number of carbonyl (C=O) groups excluding carboxylic acids is 1. The number of amides is 1. The Bertz CT molecular complexity index is 537. The number of aromatic amines is 1. The van der Waals surface area contributed by atoms with Crippen LogP contribution in [0.5, 0.6) is 0 Å². The van der Waals surface area contributed by atoms with Crippen molar-refractivity contribution in [1.29, 1.82) is 0 Å². The van der Waals surface area contributed by atoms with Gasteiger partial charge < -0.3 is 15.4 Å². The number of unbranched alkanes of at least 4 members (excludes halogenated alkanes) is 4. The number of carbonyl (C=O) groups is 2.